The van der Waals surface area contributed by atoms with Crippen molar-refractivity contribution in [2.24, 2.45) is 0 Å². The average Bonchev–Trinajstić information content (AvgIpc) is 2.33. The van der Waals surface area contributed by atoms with E-state index in [9.17, 15) is 14.3 Å². The minimum Gasteiger partial charge on any atom is -0.390 e. The molecular weight excluding hydrogens is 186 g/mol. The first kappa shape index (κ1) is 8.81. The van der Waals surface area contributed by atoms with E-state index >= 15 is 0 Å². The van der Waals surface area contributed by atoms with Crippen LogP contribution in [0.2, 0.25) is 0 Å². The van der Waals surface area contributed by atoms with Gasteiger partial charge in [0, 0.05) is 0 Å². The maximum Gasteiger partial charge on any atom is 0.435 e. The largest absolute Gasteiger partial charge is 0.435 e. The van der Waals surface area contributed by atoms with Crippen LogP contribution in [0.1, 0.15) is 0 Å². The van der Waals surface area contributed by atoms with Crippen LogP contribution in [0.15, 0.2) is 12.4 Å². The molecule has 0 aliphatic carbocycles. The Morgan fingerprint density at radius 2 is 2.50 bits per heavy atom. The number of aromatic nitrogens is 2. The van der Waals surface area contributed by atoms with Gasteiger partial charge in [-0.05, 0) is 4.92 Å². The molecule has 0 amide bonds. The van der Waals surface area contributed by atoms with Gasteiger partial charge in [-0.3, -0.25) is 0 Å². The zero-order valence-electron chi connectivity index (χ0n) is 5.78. The van der Waals surface area contributed by atoms with Gasteiger partial charge in [0.05, 0.1) is 0 Å². The highest BCUT2D eigenvalue weighted by atomic mass is 32.2. The Labute approximate surface area is 69.5 Å². The summed E-state index contributed by atoms with van der Waals surface area (Å²) in [6.45, 7) is 0. The highest BCUT2D eigenvalue weighted by molar-refractivity contribution is 7.78. The first-order valence-electron chi connectivity index (χ1n) is 2.84. The van der Waals surface area contributed by atoms with Crippen LogP contribution in [0.5, 0.6) is 0 Å². The molecule has 0 aromatic carbocycles. The highest BCUT2D eigenvalue weighted by Crippen LogP contribution is 2.06. The second kappa shape index (κ2) is 3.41. The van der Waals surface area contributed by atoms with Crippen molar-refractivity contribution in [2.45, 2.75) is 5.88 Å². The Morgan fingerprint density at radius 1 is 1.83 bits per heavy atom. The zero-order valence-corrected chi connectivity index (χ0v) is 6.60. The van der Waals surface area contributed by atoms with E-state index in [1.165, 1.54) is 12.4 Å². The molecule has 1 rings (SSSR count). The van der Waals surface area contributed by atoms with E-state index < -0.39 is 22.0 Å². The predicted molar refractivity (Wildman–Crippen MR) is 39.7 cm³/mol. The molecule has 0 aliphatic rings. The summed E-state index contributed by atoms with van der Waals surface area (Å²) in [5, 5.41) is 10.2. The Kier molecular flexibility index (Phi) is 2.51. The molecule has 1 aromatic heterocycles. The molecule has 1 unspecified atom stereocenters. The molecule has 7 nitrogen and oxygen atoms in total. The summed E-state index contributed by atoms with van der Waals surface area (Å²) in [7, 11) is 0. The van der Waals surface area contributed by atoms with E-state index in [1.54, 1.807) is 0 Å². The second-order valence-electron chi connectivity index (χ2n) is 1.90. The molecule has 1 atom stereocenters. The summed E-state index contributed by atoms with van der Waals surface area (Å²) in [4.78, 5) is 12.9. The number of hydrogen-bond acceptors (Lipinski definition) is 4. The van der Waals surface area contributed by atoms with E-state index in [-0.39, 0.29) is 5.88 Å². The maximum atomic E-state index is 10.3. The molecule has 1 N–H and O–H groups in total. The molecule has 0 saturated heterocycles. The standard InChI is InChI=1S/C4H5N3O4S/c8-7(9)4-5-1-2-6(4)3-12(10)11/h1-2H,3H2,(H,10,11). The van der Waals surface area contributed by atoms with Crippen molar-refractivity contribution in [3.8, 4) is 0 Å². The molecule has 1 aromatic rings. The van der Waals surface area contributed by atoms with Gasteiger partial charge in [0.2, 0.25) is 0 Å². The molecule has 1 heterocycles. The molecule has 0 bridgehead atoms. The van der Waals surface area contributed by atoms with Gasteiger partial charge < -0.3 is 14.7 Å². The first-order valence-corrected chi connectivity index (χ1v) is 4.12. The number of nitrogens with zero attached hydrogens (tertiary/aromatic N) is 3. The highest BCUT2D eigenvalue weighted by Gasteiger charge is 2.14. The molecule has 0 fully saturated rings. The van der Waals surface area contributed by atoms with Crippen molar-refractivity contribution in [3.63, 3.8) is 0 Å². The molecule has 66 valence electrons. The summed E-state index contributed by atoms with van der Waals surface area (Å²) in [5.74, 6) is -0.770. The van der Waals surface area contributed by atoms with Crippen molar-refractivity contribution in [3.05, 3.63) is 22.5 Å². The maximum absolute atomic E-state index is 10.3. The monoisotopic (exact) mass is 191 g/mol. The molecule has 8 heteroatoms. The smallest absolute Gasteiger partial charge is 0.390 e. The molecule has 0 saturated carbocycles. The lowest BCUT2D eigenvalue weighted by Crippen LogP contribution is -2.06. The normalized spacial score (nSPS) is 12.8. The number of hydrogen-bond donors (Lipinski definition) is 1. The third kappa shape index (κ3) is 1.86. The van der Waals surface area contributed by atoms with Crippen molar-refractivity contribution < 1.29 is 13.7 Å². The van der Waals surface area contributed by atoms with Crippen LogP contribution < -0.4 is 0 Å². The van der Waals surface area contributed by atoms with Crippen LogP contribution in [-0.2, 0) is 17.0 Å². The van der Waals surface area contributed by atoms with Gasteiger partial charge in [0.1, 0.15) is 12.4 Å². The number of rotatable bonds is 3. The van der Waals surface area contributed by atoms with E-state index in [0.717, 1.165) is 4.57 Å². The van der Waals surface area contributed by atoms with E-state index in [0.29, 0.717) is 0 Å². The minimum atomic E-state index is -2.10. The van der Waals surface area contributed by atoms with Crippen LogP contribution in [0.3, 0.4) is 0 Å². The fourth-order valence-corrected chi connectivity index (χ4v) is 1.13. The number of imidazole rings is 1. The van der Waals surface area contributed by atoms with Gasteiger partial charge in [-0.25, -0.2) is 8.78 Å². The Bertz CT molecular complexity index is 322. The van der Waals surface area contributed by atoms with Gasteiger partial charge in [-0.1, -0.05) is 4.98 Å². The van der Waals surface area contributed by atoms with Crippen LogP contribution in [0.25, 0.3) is 0 Å². The second-order valence-corrected chi connectivity index (χ2v) is 2.81. The van der Waals surface area contributed by atoms with Crippen molar-refractivity contribution in [1.82, 2.24) is 9.55 Å². The van der Waals surface area contributed by atoms with Gasteiger partial charge in [0.25, 0.3) is 0 Å². The SMILES string of the molecule is O=[N+]([O-])c1nccn1CS(=O)O. The zero-order chi connectivity index (χ0) is 9.14. The summed E-state index contributed by atoms with van der Waals surface area (Å²) < 4.78 is 19.7. The summed E-state index contributed by atoms with van der Waals surface area (Å²) in [6.07, 6.45) is 2.47. The molecule has 12 heavy (non-hydrogen) atoms. The fraction of sp³-hybridized carbons (Fsp3) is 0.250. The third-order valence-electron chi connectivity index (χ3n) is 1.11. The van der Waals surface area contributed by atoms with Crippen LogP contribution in [0, 0.1) is 10.1 Å². The van der Waals surface area contributed by atoms with Gasteiger partial charge in [0.15, 0.2) is 17.0 Å². The minimum absolute atomic E-state index is 0.337. The van der Waals surface area contributed by atoms with Crippen LogP contribution >= 0.6 is 0 Å². The summed E-state index contributed by atoms with van der Waals surface area (Å²) in [5.41, 5.74) is 0. The van der Waals surface area contributed by atoms with Crippen molar-refractivity contribution in [2.75, 3.05) is 0 Å². The fourth-order valence-electron chi connectivity index (χ4n) is 0.693. The van der Waals surface area contributed by atoms with Crippen LogP contribution in [0.4, 0.5) is 5.95 Å². The summed E-state index contributed by atoms with van der Waals surface area (Å²) >= 11 is -2.10. The first-order chi connectivity index (χ1) is 5.61. The third-order valence-corrected chi connectivity index (χ3v) is 1.61. The van der Waals surface area contributed by atoms with E-state index in [1.807, 2.05) is 0 Å². The van der Waals surface area contributed by atoms with Crippen molar-refractivity contribution >= 4 is 17.0 Å². The van der Waals surface area contributed by atoms with Gasteiger partial charge >= 0.3 is 5.95 Å². The van der Waals surface area contributed by atoms with Gasteiger partial charge in [-0.15, -0.1) is 0 Å². The lowest BCUT2D eigenvalue weighted by atomic mass is 10.9. The molecule has 0 spiro atoms. The lowest BCUT2D eigenvalue weighted by molar-refractivity contribution is -0.396. The van der Waals surface area contributed by atoms with E-state index in [4.69, 9.17) is 4.55 Å². The van der Waals surface area contributed by atoms with Crippen molar-refractivity contribution in [1.29, 1.82) is 0 Å². The quantitative estimate of drug-likeness (QED) is 0.411. The predicted octanol–water partition coefficient (Wildman–Crippen LogP) is -0.0295. The lowest BCUT2D eigenvalue weighted by Gasteiger charge is -1.96. The summed E-state index contributed by atoms with van der Waals surface area (Å²) in [6, 6.07) is 0. The van der Waals surface area contributed by atoms with Crippen LogP contribution in [-0.4, -0.2) is 23.2 Å². The Morgan fingerprint density at radius 3 is 3.00 bits per heavy atom. The molecule has 0 aliphatic heterocycles. The van der Waals surface area contributed by atoms with E-state index in [2.05, 4.69) is 4.98 Å². The molecular formula is C4H5N3O4S. The Hall–Kier alpha value is -1.28. The molecule has 0 radical (unpaired) electrons. The average molecular weight is 191 g/mol. The number of nitro groups is 1. The Balaban J connectivity index is 2.91. The van der Waals surface area contributed by atoms with Gasteiger partial charge in [-0.2, -0.15) is 0 Å². The topological polar surface area (TPSA) is 98.3 Å².